The molecule has 0 aliphatic carbocycles. The molecule has 0 saturated carbocycles. The van der Waals surface area contributed by atoms with Gasteiger partial charge in [-0.25, -0.2) is 0 Å². The Morgan fingerprint density at radius 3 is 1.95 bits per heavy atom. The second kappa shape index (κ2) is 8.17. The van der Waals surface area contributed by atoms with Crippen LogP contribution in [0.3, 0.4) is 0 Å². The first-order chi connectivity index (χ1) is 9.81. The Labute approximate surface area is 129 Å². The lowest BCUT2D eigenvalue weighted by atomic mass is 10.3. The van der Waals surface area contributed by atoms with Crippen molar-refractivity contribution in [3.05, 3.63) is 27.1 Å². The summed E-state index contributed by atoms with van der Waals surface area (Å²) in [6.45, 7) is 7.36. The molecule has 0 saturated heterocycles. The normalized spacial score (nSPS) is 10.5. The van der Waals surface area contributed by atoms with E-state index in [0.29, 0.717) is 0 Å². The Morgan fingerprint density at radius 2 is 1.35 bits per heavy atom. The summed E-state index contributed by atoms with van der Waals surface area (Å²) in [6, 6.07) is 0. The van der Waals surface area contributed by atoms with Crippen molar-refractivity contribution in [2.45, 2.75) is 26.7 Å². The second-order valence-corrected chi connectivity index (χ2v) is 6.29. The van der Waals surface area contributed by atoms with Crippen molar-refractivity contribution in [2.24, 2.45) is 0 Å². The zero-order chi connectivity index (χ0) is 14.2. The van der Waals surface area contributed by atoms with Crippen LogP contribution in [0.1, 0.15) is 25.3 Å². The van der Waals surface area contributed by atoms with Gasteiger partial charge in [0.15, 0.2) is 0 Å². The average molecular weight is 310 g/mol. The largest absolute Gasteiger partial charge is 0.384 e. The van der Waals surface area contributed by atoms with Gasteiger partial charge in [-0.1, -0.05) is 6.92 Å². The van der Waals surface area contributed by atoms with Crippen molar-refractivity contribution in [3.8, 4) is 0 Å². The Hall–Kier alpha value is -1.20. The van der Waals surface area contributed by atoms with Crippen molar-refractivity contribution >= 4 is 39.7 Å². The fourth-order valence-electron chi connectivity index (χ4n) is 1.91. The molecule has 0 radical (unpaired) electrons. The molecule has 0 aromatic carbocycles. The maximum absolute atomic E-state index is 3.51. The van der Waals surface area contributed by atoms with Crippen LogP contribution in [-0.2, 0) is 0 Å². The standard InChI is InChI=1S/C15H23N3S2/c1-3-5-16-14-10-20-11-15(14)18-7-4-6-17-13-9-19-8-12(13)2/h8-11,16-18H,3-7H2,1-2H3. The van der Waals surface area contributed by atoms with E-state index in [-0.39, 0.29) is 0 Å². The molecule has 0 unspecified atom stereocenters. The molecular weight excluding hydrogens is 286 g/mol. The minimum atomic E-state index is 0.994. The third-order valence-electron chi connectivity index (χ3n) is 3.07. The monoisotopic (exact) mass is 309 g/mol. The Balaban J connectivity index is 1.66. The summed E-state index contributed by atoms with van der Waals surface area (Å²) in [6.07, 6.45) is 2.26. The number of anilines is 3. The molecule has 0 bridgehead atoms. The van der Waals surface area contributed by atoms with Crippen molar-refractivity contribution in [1.82, 2.24) is 0 Å². The average Bonchev–Trinajstić information content (AvgIpc) is 3.06. The Bertz CT molecular complexity index is 505. The third-order valence-corrected chi connectivity index (χ3v) is 4.67. The minimum Gasteiger partial charge on any atom is -0.384 e. The van der Waals surface area contributed by atoms with E-state index in [2.05, 4.69) is 51.3 Å². The van der Waals surface area contributed by atoms with Crippen LogP contribution >= 0.6 is 22.7 Å². The zero-order valence-electron chi connectivity index (χ0n) is 12.2. The molecule has 0 aliphatic heterocycles. The molecule has 2 heterocycles. The van der Waals surface area contributed by atoms with Crippen molar-refractivity contribution in [1.29, 1.82) is 0 Å². The number of thiophene rings is 2. The quantitative estimate of drug-likeness (QED) is 0.579. The molecule has 3 N–H and O–H groups in total. The highest BCUT2D eigenvalue weighted by Gasteiger charge is 2.02. The van der Waals surface area contributed by atoms with Gasteiger partial charge in [0.25, 0.3) is 0 Å². The predicted octanol–water partition coefficient (Wildman–Crippen LogP) is 4.85. The summed E-state index contributed by atoms with van der Waals surface area (Å²) < 4.78 is 0. The van der Waals surface area contributed by atoms with Crippen molar-refractivity contribution in [3.63, 3.8) is 0 Å². The molecule has 110 valence electrons. The fraction of sp³-hybridized carbons (Fsp3) is 0.467. The highest BCUT2D eigenvalue weighted by Crippen LogP contribution is 2.26. The Morgan fingerprint density at radius 1 is 0.800 bits per heavy atom. The van der Waals surface area contributed by atoms with Gasteiger partial charge in [-0.2, -0.15) is 0 Å². The van der Waals surface area contributed by atoms with Gasteiger partial charge < -0.3 is 16.0 Å². The molecule has 2 rings (SSSR count). The van der Waals surface area contributed by atoms with Crippen molar-refractivity contribution in [2.75, 3.05) is 35.6 Å². The number of hydrogen-bond acceptors (Lipinski definition) is 5. The van der Waals surface area contributed by atoms with Gasteiger partial charge in [-0.15, -0.1) is 22.7 Å². The third kappa shape index (κ3) is 4.42. The van der Waals surface area contributed by atoms with Gasteiger partial charge in [-0.05, 0) is 30.7 Å². The van der Waals surface area contributed by atoms with Gasteiger partial charge in [0.05, 0.1) is 11.4 Å². The second-order valence-electron chi connectivity index (χ2n) is 4.80. The zero-order valence-corrected chi connectivity index (χ0v) is 13.8. The molecule has 3 nitrogen and oxygen atoms in total. The van der Waals surface area contributed by atoms with E-state index in [4.69, 9.17) is 0 Å². The molecule has 0 aliphatic rings. The lowest BCUT2D eigenvalue weighted by Crippen LogP contribution is -2.10. The van der Waals surface area contributed by atoms with E-state index in [9.17, 15) is 0 Å². The molecule has 0 amide bonds. The lowest BCUT2D eigenvalue weighted by molar-refractivity contribution is 0.909. The number of nitrogens with one attached hydrogen (secondary N) is 3. The number of rotatable bonds is 9. The van der Waals surface area contributed by atoms with Crippen LogP contribution < -0.4 is 16.0 Å². The van der Waals surface area contributed by atoms with Crippen LogP contribution in [0.5, 0.6) is 0 Å². The molecular formula is C15H23N3S2. The summed E-state index contributed by atoms with van der Waals surface area (Å²) in [5.41, 5.74) is 5.08. The van der Waals surface area contributed by atoms with Gasteiger partial charge in [-0.3, -0.25) is 0 Å². The van der Waals surface area contributed by atoms with Crippen molar-refractivity contribution < 1.29 is 0 Å². The van der Waals surface area contributed by atoms with E-state index < -0.39 is 0 Å². The molecule has 0 atom stereocenters. The van der Waals surface area contributed by atoms with Gasteiger partial charge in [0, 0.05) is 41.5 Å². The molecule has 0 fully saturated rings. The number of hydrogen-bond donors (Lipinski definition) is 3. The summed E-state index contributed by atoms with van der Waals surface area (Å²) in [4.78, 5) is 0. The summed E-state index contributed by atoms with van der Waals surface area (Å²) >= 11 is 3.49. The first kappa shape index (κ1) is 15.2. The smallest absolute Gasteiger partial charge is 0.0684 e. The molecule has 2 aromatic heterocycles. The molecule has 0 spiro atoms. The first-order valence-corrected chi connectivity index (χ1v) is 9.00. The first-order valence-electron chi connectivity index (χ1n) is 7.12. The van der Waals surface area contributed by atoms with Crippen LogP contribution in [-0.4, -0.2) is 19.6 Å². The van der Waals surface area contributed by atoms with Gasteiger partial charge >= 0.3 is 0 Å². The van der Waals surface area contributed by atoms with Crippen LogP contribution in [0, 0.1) is 6.92 Å². The predicted molar refractivity (Wildman–Crippen MR) is 93.8 cm³/mol. The van der Waals surface area contributed by atoms with Crippen LogP contribution in [0.25, 0.3) is 0 Å². The van der Waals surface area contributed by atoms with E-state index in [1.807, 2.05) is 0 Å². The van der Waals surface area contributed by atoms with E-state index >= 15 is 0 Å². The summed E-state index contributed by atoms with van der Waals surface area (Å²) in [5, 5.41) is 19.1. The van der Waals surface area contributed by atoms with Crippen LogP contribution in [0.2, 0.25) is 0 Å². The van der Waals surface area contributed by atoms with E-state index in [1.165, 1.54) is 22.6 Å². The summed E-state index contributed by atoms with van der Waals surface area (Å²) in [7, 11) is 0. The minimum absolute atomic E-state index is 0.994. The SMILES string of the molecule is CCCNc1cscc1NCCCNc1cscc1C. The van der Waals surface area contributed by atoms with E-state index in [1.54, 1.807) is 22.7 Å². The lowest BCUT2D eigenvalue weighted by Gasteiger charge is -2.10. The molecule has 5 heteroatoms. The Kier molecular flexibility index (Phi) is 6.21. The highest BCUT2D eigenvalue weighted by molar-refractivity contribution is 7.09. The molecule has 20 heavy (non-hydrogen) atoms. The van der Waals surface area contributed by atoms with Crippen LogP contribution in [0.4, 0.5) is 17.1 Å². The van der Waals surface area contributed by atoms with Gasteiger partial charge in [0.2, 0.25) is 0 Å². The summed E-state index contributed by atoms with van der Waals surface area (Å²) in [5.74, 6) is 0. The van der Waals surface area contributed by atoms with Gasteiger partial charge in [0.1, 0.15) is 0 Å². The highest BCUT2D eigenvalue weighted by atomic mass is 32.1. The maximum atomic E-state index is 3.51. The topological polar surface area (TPSA) is 36.1 Å². The fourth-order valence-corrected chi connectivity index (χ4v) is 3.47. The maximum Gasteiger partial charge on any atom is 0.0684 e. The van der Waals surface area contributed by atoms with Crippen LogP contribution in [0.15, 0.2) is 21.5 Å². The number of aryl methyl sites for hydroxylation is 1. The van der Waals surface area contributed by atoms with E-state index in [0.717, 1.165) is 32.5 Å². The molecule has 2 aromatic rings.